The molecule has 1 aromatic carbocycles. The van der Waals surface area contributed by atoms with E-state index in [9.17, 15) is 4.79 Å². The number of anilines is 1. The largest absolute Gasteiger partial charge is 0.339 e. The van der Waals surface area contributed by atoms with Crippen LogP contribution in [-0.2, 0) is 11.2 Å². The molecular formula is C17H20N4O. The Balaban J connectivity index is 1.48. The molecule has 1 aliphatic rings. The first-order chi connectivity index (χ1) is 10.8. The Morgan fingerprint density at radius 3 is 2.32 bits per heavy atom. The van der Waals surface area contributed by atoms with E-state index in [2.05, 4.69) is 27.0 Å². The van der Waals surface area contributed by atoms with E-state index in [0.29, 0.717) is 6.42 Å². The molecule has 1 aliphatic heterocycles. The molecule has 3 rings (SSSR count). The summed E-state index contributed by atoms with van der Waals surface area (Å²) < 4.78 is 0. The number of carbonyl (C=O) groups excluding carboxylic acids is 1. The second kappa shape index (κ2) is 7.02. The number of amides is 1. The summed E-state index contributed by atoms with van der Waals surface area (Å²) >= 11 is 0. The third-order valence-corrected chi connectivity index (χ3v) is 3.94. The van der Waals surface area contributed by atoms with Crippen molar-refractivity contribution in [3.8, 4) is 0 Å². The minimum atomic E-state index is 0.234. The summed E-state index contributed by atoms with van der Waals surface area (Å²) in [6.07, 6.45) is 4.88. The zero-order valence-corrected chi connectivity index (χ0v) is 12.6. The van der Waals surface area contributed by atoms with E-state index in [1.807, 2.05) is 29.2 Å². The second-order valence-electron chi connectivity index (χ2n) is 5.40. The monoisotopic (exact) mass is 296 g/mol. The van der Waals surface area contributed by atoms with Crippen molar-refractivity contribution in [3.63, 3.8) is 0 Å². The van der Waals surface area contributed by atoms with Crippen molar-refractivity contribution in [2.45, 2.75) is 12.8 Å². The highest BCUT2D eigenvalue weighted by Crippen LogP contribution is 2.11. The number of aromatic nitrogens is 2. The highest BCUT2D eigenvalue weighted by Gasteiger charge is 2.21. The van der Waals surface area contributed by atoms with Gasteiger partial charge < -0.3 is 9.80 Å². The standard InChI is InChI=1S/C17H20N4O/c22-16(8-7-15-5-2-1-3-6-15)20-11-13-21(14-12-20)17-18-9-4-10-19-17/h1-6,9-10H,7-8,11-14H2. The lowest BCUT2D eigenvalue weighted by atomic mass is 10.1. The van der Waals surface area contributed by atoms with Gasteiger partial charge in [-0.1, -0.05) is 30.3 Å². The van der Waals surface area contributed by atoms with Crippen molar-refractivity contribution in [2.24, 2.45) is 0 Å². The first kappa shape index (κ1) is 14.5. The average Bonchev–Trinajstić information content (AvgIpc) is 2.61. The number of carbonyl (C=O) groups is 1. The van der Waals surface area contributed by atoms with Gasteiger partial charge in [0.15, 0.2) is 0 Å². The Labute approximate surface area is 130 Å². The molecule has 0 saturated carbocycles. The average molecular weight is 296 g/mol. The van der Waals surface area contributed by atoms with Gasteiger partial charge in [-0.3, -0.25) is 4.79 Å². The van der Waals surface area contributed by atoms with Crippen molar-refractivity contribution in [1.29, 1.82) is 0 Å². The molecule has 0 bridgehead atoms. The van der Waals surface area contributed by atoms with E-state index in [0.717, 1.165) is 38.5 Å². The number of piperazine rings is 1. The summed E-state index contributed by atoms with van der Waals surface area (Å²) in [5.74, 6) is 0.983. The Bertz CT molecular complexity index is 595. The summed E-state index contributed by atoms with van der Waals surface area (Å²) in [6, 6.07) is 12.0. The summed E-state index contributed by atoms with van der Waals surface area (Å²) in [6.45, 7) is 3.07. The van der Waals surface area contributed by atoms with Crippen molar-refractivity contribution < 1.29 is 4.79 Å². The van der Waals surface area contributed by atoms with E-state index in [-0.39, 0.29) is 5.91 Å². The topological polar surface area (TPSA) is 49.3 Å². The van der Waals surface area contributed by atoms with Gasteiger partial charge in [0.2, 0.25) is 11.9 Å². The van der Waals surface area contributed by atoms with Crippen LogP contribution in [0.4, 0.5) is 5.95 Å². The quantitative estimate of drug-likeness (QED) is 0.862. The summed E-state index contributed by atoms with van der Waals surface area (Å²) in [5.41, 5.74) is 1.21. The van der Waals surface area contributed by atoms with Crippen LogP contribution >= 0.6 is 0 Å². The SMILES string of the molecule is O=C(CCc1ccccc1)N1CCN(c2ncccn2)CC1. The molecule has 2 heterocycles. The molecule has 1 aromatic heterocycles. The first-order valence-corrected chi connectivity index (χ1v) is 7.66. The molecule has 0 N–H and O–H groups in total. The molecule has 1 fully saturated rings. The van der Waals surface area contributed by atoms with Crippen LogP contribution in [0, 0.1) is 0 Å². The van der Waals surface area contributed by atoms with Crippen LogP contribution in [0.5, 0.6) is 0 Å². The fourth-order valence-corrected chi connectivity index (χ4v) is 2.66. The van der Waals surface area contributed by atoms with Gasteiger partial charge in [-0.15, -0.1) is 0 Å². The molecule has 0 atom stereocenters. The van der Waals surface area contributed by atoms with Crippen molar-refractivity contribution in [3.05, 3.63) is 54.4 Å². The molecule has 22 heavy (non-hydrogen) atoms. The minimum Gasteiger partial charge on any atom is -0.339 e. The third-order valence-electron chi connectivity index (χ3n) is 3.94. The lowest BCUT2D eigenvalue weighted by molar-refractivity contribution is -0.131. The van der Waals surface area contributed by atoms with Gasteiger partial charge >= 0.3 is 0 Å². The van der Waals surface area contributed by atoms with E-state index >= 15 is 0 Å². The highest BCUT2D eigenvalue weighted by molar-refractivity contribution is 5.76. The lowest BCUT2D eigenvalue weighted by Gasteiger charge is -2.34. The zero-order valence-electron chi connectivity index (χ0n) is 12.6. The van der Waals surface area contributed by atoms with E-state index < -0.39 is 0 Å². The van der Waals surface area contributed by atoms with E-state index in [1.54, 1.807) is 12.4 Å². The van der Waals surface area contributed by atoms with Crippen molar-refractivity contribution in [1.82, 2.24) is 14.9 Å². The maximum absolute atomic E-state index is 12.3. The molecular weight excluding hydrogens is 276 g/mol. The van der Waals surface area contributed by atoms with Crippen LogP contribution in [-0.4, -0.2) is 47.0 Å². The van der Waals surface area contributed by atoms with Gasteiger partial charge in [-0.2, -0.15) is 0 Å². The summed E-state index contributed by atoms with van der Waals surface area (Å²) in [4.78, 5) is 24.9. The van der Waals surface area contributed by atoms with Gasteiger partial charge in [0.05, 0.1) is 0 Å². The predicted octanol–water partition coefficient (Wildman–Crippen LogP) is 1.76. The summed E-state index contributed by atoms with van der Waals surface area (Å²) in [5, 5.41) is 0. The fraction of sp³-hybridized carbons (Fsp3) is 0.353. The molecule has 0 unspecified atom stereocenters. The molecule has 1 amide bonds. The lowest BCUT2D eigenvalue weighted by Crippen LogP contribution is -2.49. The van der Waals surface area contributed by atoms with Gasteiger partial charge in [0.1, 0.15) is 0 Å². The predicted molar refractivity (Wildman–Crippen MR) is 85.6 cm³/mol. The number of hydrogen-bond donors (Lipinski definition) is 0. The Kier molecular flexibility index (Phi) is 4.63. The fourth-order valence-electron chi connectivity index (χ4n) is 2.66. The number of rotatable bonds is 4. The smallest absolute Gasteiger partial charge is 0.225 e. The van der Waals surface area contributed by atoms with Crippen LogP contribution in [0.3, 0.4) is 0 Å². The van der Waals surface area contributed by atoms with Crippen LogP contribution < -0.4 is 4.90 Å². The minimum absolute atomic E-state index is 0.234. The Morgan fingerprint density at radius 2 is 1.64 bits per heavy atom. The molecule has 114 valence electrons. The van der Waals surface area contributed by atoms with E-state index in [1.165, 1.54) is 5.56 Å². The number of benzene rings is 1. The summed E-state index contributed by atoms with van der Waals surface area (Å²) in [7, 11) is 0. The maximum Gasteiger partial charge on any atom is 0.225 e. The number of aryl methyl sites for hydroxylation is 1. The van der Waals surface area contributed by atoms with Gasteiger partial charge in [0.25, 0.3) is 0 Å². The highest BCUT2D eigenvalue weighted by atomic mass is 16.2. The van der Waals surface area contributed by atoms with Crippen molar-refractivity contribution >= 4 is 11.9 Å². The van der Waals surface area contributed by atoms with Gasteiger partial charge in [-0.25, -0.2) is 9.97 Å². The molecule has 0 radical (unpaired) electrons. The molecule has 1 saturated heterocycles. The van der Waals surface area contributed by atoms with Crippen LogP contribution in [0.25, 0.3) is 0 Å². The number of hydrogen-bond acceptors (Lipinski definition) is 4. The van der Waals surface area contributed by atoms with Crippen LogP contribution in [0.15, 0.2) is 48.8 Å². The maximum atomic E-state index is 12.3. The molecule has 2 aromatic rings. The first-order valence-electron chi connectivity index (χ1n) is 7.66. The van der Waals surface area contributed by atoms with Crippen molar-refractivity contribution in [2.75, 3.05) is 31.1 Å². The molecule has 5 nitrogen and oxygen atoms in total. The van der Waals surface area contributed by atoms with Gasteiger partial charge in [0, 0.05) is 45.0 Å². The number of nitrogens with zero attached hydrogens (tertiary/aromatic N) is 4. The molecule has 0 aliphatic carbocycles. The van der Waals surface area contributed by atoms with Crippen LogP contribution in [0.1, 0.15) is 12.0 Å². The molecule has 0 spiro atoms. The Morgan fingerprint density at radius 1 is 0.955 bits per heavy atom. The van der Waals surface area contributed by atoms with Crippen LogP contribution in [0.2, 0.25) is 0 Å². The van der Waals surface area contributed by atoms with E-state index in [4.69, 9.17) is 0 Å². The molecule has 5 heteroatoms. The van der Waals surface area contributed by atoms with Gasteiger partial charge in [-0.05, 0) is 18.1 Å². The third kappa shape index (κ3) is 3.61. The normalized spacial score (nSPS) is 14.9. The second-order valence-corrected chi connectivity index (χ2v) is 5.40. The Hall–Kier alpha value is -2.43. The zero-order chi connectivity index (χ0) is 15.2.